The number of nitrogens with one attached hydrogen (secondary N) is 2. The summed E-state index contributed by atoms with van der Waals surface area (Å²) < 4.78 is 31.6. The number of anilines is 1. The maximum Gasteiger partial charge on any atom is 0.338 e. The quantitative estimate of drug-likeness (QED) is 0.819. The van der Waals surface area contributed by atoms with Crippen molar-refractivity contribution in [1.82, 2.24) is 10.2 Å². The van der Waals surface area contributed by atoms with Gasteiger partial charge in [0, 0.05) is 5.69 Å². The molecule has 0 saturated carbocycles. The van der Waals surface area contributed by atoms with Gasteiger partial charge in [0.25, 0.3) is 10.0 Å². The van der Waals surface area contributed by atoms with E-state index < -0.39 is 16.0 Å². The Morgan fingerprint density at radius 2 is 2.00 bits per heavy atom. The summed E-state index contributed by atoms with van der Waals surface area (Å²) in [5.74, 6) is -0.447. The molecule has 0 atom stereocenters. The number of esters is 1. The van der Waals surface area contributed by atoms with Gasteiger partial charge in [0.15, 0.2) is 0 Å². The zero-order valence-corrected chi connectivity index (χ0v) is 12.4. The Bertz CT molecular complexity index is 735. The molecular formula is C13H15N3O4S. The average Bonchev–Trinajstić information content (AvgIpc) is 2.86. The van der Waals surface area contributed by atoms with Crippen LogP contribution in [0.2, 0.25) is 0 Å². The summed E-state index contributed by atoms with van der Waals surface area (Å²) >= 11 is 0. The number of nitrogens with zero attached hydrogens (tertiary/aromatic N) is 1. The lowest BCUT2D eigenvalue weighted by atomic mass is 10.2. The number of hydrogen-bond donors (Lipinski definition) is 2. The third-order valence-electron chi connectivity index (χ3n) is 2.72. The summed E-state index contributed by atoms with van der Waals surface area (Å²) in [5.41, 5.74) is 1.16. The molecule has 0 amide bonds. The monoisotopic (exact) mass is 309 g/mol. The molecular weight excluding hydrogens is 294 g/mol. The van der Waals surface area contributed by atoms with E-state index in [1.807, 2.05) is 0 Å². The molecule has 21 heavy (non-hydrogen) atoms. The van der Waals surface area contributed by atoms with Crippen molar-refractivity contribution in [3.63, 3.8) is 0 Å². The minimum Gasteiger partial charge on any atom is -0.462 e. The number of carbonyl (C=O) groups excluding carboxylic acids is 1. The van der Waals surface area contributed by atoms with Crippen LogP contribution in [0.3, 0.4) is 0 Å². The predicted octanol–water partition coefficient (Wildman–Crippen LogP) is 1.70. The van der Waals surface area contributed by atoms with Crippen LogP contribution in [0, 0.1) is 6.92 Å². The van der Waals surface area contributed by atoms with Gasteiger partial charge in [-0.1, -0.05) is 0 Å². The third kappa shape index (κ3) is 3.40. The first-order valence-electron chi connectivity index (χ1n) is 6.24. The van der Waals surface area contributed by atoms with E-state index in [2.05, 4.69) is 14.9 Å². The van der Waals surface area contributed by atoms with Gasteiger partial charge in [-0.15, -0.1) is 0 Å². The Balaban J connectivity index is 2.17. The molecule has 7 nitrogen and oxygen atoms in total. The van der Waals surface area contributed by atoms with Gasteiger partial charge in [-0.05, 0) is 38.1 Å². The first kappa shape index (κ1) is 15.0. The zero-order chi connectivity index (χ0) is 15.5. The van der Waals surface area contributed by atoms with Gasteiger partial charge in [-0.3, -0.25) is 9.82 Å². The van der Waals surface area contributed by atoms with Crippen molar-refractivity contribution in [3.8, 4) is 0 Å². The largest absolute Gasteiger partial charge is 0.462 e. The van der Waals surface area contributed by atoms with E-state index in [1.165, 1.54) is 30.5 Å². The SMILES string of the molecule is CCOC(=O)c1ccc(NS(=O)(=O)c2cn[nH]c2C)cc1. The van der Waals surface area contributed by atoms with Gasteiger partial charge in [0.2, 0.25) is 0 Å². The smallest absolute Gasteiger partial charge is 0.338 e. The minimum atomic E-state index is -3.70. The summed E-state index contributed by atoms with van der Waals surface area (Å²) in [6.07, 6.45) is 1.24. The Morgan fingerprint density at radius 3 is 2.52 bits per heavy atom. The Hall–Kier alpha value is -2.35. The number of benzene rings is 1. The number of rotatable bonds is 5. The van der Waals surface area contributed by atoms with E-state index in [-0.39, 0.29) is 11.5 Å². The third-order valence-corrected chi connectivity index (χ3v) is 4.22. The lowest BCUT2D eigenvalue weighted by molar-refractivity contribution is 0.0526. The Labute approximate surface area is 122 Å². The van der Waals surface area contributed by atoms with Gasteiger partial charge >= 0.3 is 5.97 Å². The van der Waals surface area contributed by atoms with Gasteiger partial charge < -0.3 is 4.74 Å². The number of aromatic nitrogens is 2. The van der Waals surface area contributed by atoms with Crippen LogP contribution >= 0.6 is 0 Å². The van der Waals surface area contributed by atoms with E-state index in [4.69, 9.17) is 4.74 Å². The summed E-state index contributed by atoms with van der Waals surface area (Å²) in [6, 6.07) is 5.99. The van der Waals surface area contributed by atoms with Crippen LogP contribution in [-0.2, 0) is 14.8 Å². The highest BCUT2D eigenvalue weighted by Gasteiger charge is 2.18. The van der Waals surface area contributed by atoms with Crippen LogP contribution in [0.4, 0.5) is 5.69 Å². The van der Waals surface area contributed by atoms with Crippen LogP contribution in [0.5, 0.6) is 0 Å². The molecule has 0 saturated heterocycles. The van der Waals surface area contributed by atoms with Crippen molar-refractivity contribution >= 4 is 21.7 Å². The maximum absolute atomic E-state index is 12.1. The number of H-pyrrole nitrogens is 1. The second-order valence-corrected chi connectivity index (χ2v) is 5.91. The molecule has 1 aromatic carbocycles. The summed E-state index contributed by atoms with van der Waals surface area (Å²) in [5, 5.41) is 6.25. The molecule has 1 heterocycles. The highest BCUT2D eigenvalue weighted by molar-refractivity contribution is 7.92. The highest BCUT2D eigenvalue weighted by atomic mass is 32.2. The lowest BCUT2D eigenvalue weighted by Crippen LogP contribution is -2.13. The Kier molecular flexibility index (Phi) is 4.27. The first-order valence-corrected chi connectivity index (χ1v) is 7.72. The van der Waals surface area contributed by atoms with Crippen molar-refractivity contribution in [2.75, 3.05) is 11.3 Å². The fourth-order valence-corrected chi connectivity index (χ4v) is 2.91. The lowest BCUT2D eigenvalue weighted by Gasteiger charge is -2.08. The molecule has 2 aromatic rings. The van der Waals surface area contributed by atoms with Gasteiger partial charge in [0.05, 0.1) is 24.1 Å². The van der Waals surface area contributed by atoms with E-state index in [0.29, 0.717) is 16.9 Å². The number of ether oxygens (including phenoxy) is 1. The Morgan fingerprint density at radius 1 is 1.33 bits per heavy atom. The molecule has 0 fully saturated rings. The molecule has 0 aliphatic rings. The second-order valence-electron chi connectivity index (χ2n) is 4.26. The summed E-state index contributed by atoms with van der Waals surface area (Å²) in [7, 11) is -3.70. The van der Waals surface area contributed by atoms with Crippen LogP contribution in [-0.4, -0.2) is 31.2 Å². The first-order chi connectivity index (χ1) is 9.94. The molecule has 8 heteroatoms. The van der Waals surface area contributed by atoms with E-state index in [0.717, 1.165) is 0 Å². The molecule has 2 rings (SSSR count). The predicted molar refractivity (Wildman–Crippen MR) is 76.5 cm³/mol. The number of aromatic amines is 1. The number of carbonyl (C=O) groups is 1. The fourth-order valence-electron chi connectivity index (χ4n) is 1.71. The van der Waals surface area contributed by atoms with Crippen LogP contribution in [0.1, 0.15) is 23.0 Å². The van der Waals surface area contributed by atoms with Gasteiger partial charge in [0.1, 0.15) is 4.90 Å². The van der Waals surface area contributed by atoms with Crippen LogP contribution in [0.25, 0.3) is 0 Å². The van der Waals surface area contributed by atoms with Crippen molar-refractivity contribution in [3.05, 3.63) is 41.7 Å². The minimum absolute atomic E-state index is 0.0805. The number of hydrogen-bond acceptors (Lipinski definition) is 5. The topological polar surface area (TPSA) is 101 Å². The second kappa shape index (κ2) is 5.96. The normalized spacial score (nSPS) is 11.1. The van der Waals surface area contributed by atoms with Crippen molar-refractivity contribution in [1.29, 1.82) is 0 Å². The average molecular weight is 309 g/mol. The molecule has 0 aliphatic carbocycles. The van der Waals surface area contributed by atoms with Gasteiger partial charge in [-0.2, -0.15) is 5.10 Å². The fraction of sp³-hybridized carbons (Fsp3) is 0.231. The summed E-state index contributed by atoms with van der Waals surface area (Å²) in [4.78, 5) is 11.6. The number of sulfonamides is 1. The molecule has 2 N–H and O–H groups in total. The molecule has 0 bridgehead atoms. The standard InChI is InChI=1S/C13H15N3O4S/c1-3-20-13(17)10-4-6-11(7-5-10)16-21(18,19)12-8-14-15-9(12)2/h4-8,16H,3H2,1-2H3,(H,14,15). The maximum atomic E-state index is 12.1. The molecule has 0 aliphatic heterocycles. The molecule has 0 radical (unpaired) electrons. The summed E-state index contributed by atoms with van der Waals surface area (Å²) in [6.45, 7) is 3.62. The molecule has 1 aromatic heterocycles. The van der Waals surface area contributed by atoms with E-state index in [9.17, 15) is 13.2 Å². The van der Waals surface area contributed by atoms with E-state index >= 15 is 0 Å². The van der Waals surface area contributed by atoms with Crippen LogP contribution in [0.15, 0.2) is 35.4 Å². The van der Waals surface area contributed by atoms with Crippen molar-refractivity contribution in [2.24, 2.45) is 0 Å². The highest BCUT2D eigenvalue weighted by Crippen LogP contribution is 2.18. The number of aryl methyl sites for hydroxylation is 1. The zero-order valence-electron chi connectivity index (χ0n) is 11.6. The molecule has 112 valence electrons. The molecule has 0 spiro atoms. The molecule has 0 unspecified atom stereocenters. The van der Waals surface area contributed by atoms with Crippen molar-refractivity contribution in [2.45, 2.75) is 18.7 Å². The van der Waals surface area contributed by atoms with Crippen LogP contribution < -0.4 is 4.72 Å². The van der Waals surface area contributed by atoms with Crippen molar-refractivity contribution < 1.29 is 17.9 Å². The van der Waals surface area contributed by atoms with E-state index in [1.54, 1.807) is 13.8 Å². The van der Waals surface area contributed by atoms with Gasteiger partial charge in [-0.25, -0.2) is 13.2 Å².